The summed E-state index contributed by atoms with van der Waals surface area (Å²) in [6, 6.07) is 1.39. The van der Waals surface area contributed by atoms with E-state index in [1.54, 1.807) is 0 Å². The van der Waals surface area contributed by atoms with E-state index < -0.39 is 0 Å². The van der Waals surface area contributed by atoms with Crippen LogP contribution in [0.25, 0.3) is 0 Å². The van der Waals surface area contributed by atoms with Gasteiger partial charge in [-0.05, 0) is 38.0 Å². The number of nitrogens with two attached hydrogens (primary N) is 1. The standard InChI is InChI=1S/C14H27N3O/c1-2-11-3-4-13(9-11)16-12-5-7-17(8-6-12)10-14(15)18/h11-13,16H,2-10H2,1H3,(H2,15,18). The average Bonchev–Trinajstić information content (AvgIpc) is 2.79. The first-order chi connectivity index (χ1) is 8.67. The van der Waals surface area contributed by atoms with E-state index in [9.17, 15) is 4.79 Å². The molecular weight excluding hydrogens is 226 g/mol. The molecule has 0 aromatic rings. The maximum Gasteiger partial charge on any atom is 0.231 e. The summed E-state index contributed by atoms with van der Waals surface area (Å²) in [4.78, 5) is 13.0. The molecule has 1 saturated carbocycles. The lowest BCUT2D eigenvalue weighted by Gasteiger charge is -2.33. The van der Waals surface area contributed by atoms with Gasteiger partial charge in [0.15, 0.2) is 0 Å². The molecule has 2 rings (SSSR count). The molecule has 0 radical (unpaired) electrons. The SMILES string of the molecule is CCC1CCC(NC2CCN(CC(N)=O)CC2)C1. The molecule has 1 aliphatic carbocycles. The van der Waals surface area contributed by atoms with Crippen LogP contribution in [0.3, 0.4) is 0 Å². The van der Waals surface area contributed by atoms with Gasteiger partial charge in [-0.2, -0.15) is 0 Å². The highest BCUT2D eigenvalue weighted by molar-refractivity contribution is 5.75. The van der Waals surface area contributed by atoms with Crippen LogP contribution in [-0.4, -0.2) is 42.5 Å². The number of nitrogens with one attached hydrogen (secondary N) is 1. The molecule has 0 aromatic carbocycles. The molecule has 2 fully saturated rings. The summed E-state index contributed by atoms with van der Waals surface area (Å²) >= 11 is 0. The van der Waals surface area contributed by atoms with Crippen molar-refractivity contribution < 1.29 is 4.79 Å². The maximum absolute atomic E-state index is 10.9. The van der Waals surface area contributed by atoms with Gasteiger partial charge in [0.1, 0.15) is 0 Å². The van der Waals surface area contributed by atoms with Crippen molar-refractivity contribution in [3.63, 3.8) is 0 Å². The lowest BCUT2D eigenvalue weighted by atomic mass is 10.0. The molecule has 2 atom stereocenters. The second-order valence-corrected chi connectivity index (χ2v) is 5.97. The molecule has 3 N–H and O–H groups in total. The summed E-state index contributed by atoms with van der Waals surface area (Å²) in [5.41, 5.74) is 5.22. The highest BCUT2D eigenvalue weighted by Gasteiger charge is 2.27. The fourth-order valence-electron chi connectivity index (χ4n) is 3.41. The number of likely N-dealkylation sites (tertiary alicyclic amines) is 1. The number of rotatable bonds is 5. The molecule has 4 nitrogen and oxygen atoms in total. The van der Waals surface area contributed by atoms with Crippen molar-refractivity contribution in [2.75, 3.05) is 19.6 Å². The quantitative estimate of drug-likeness (QED) is 0.771. The van der Waals surface area contributed by atoms with Crippen LogP contribution in [0.15, 0.2) is 0 Å². The Bertz CT molecular complexity index is 274. The minimum atomic E-state index is -0.206. The van der Waals surface area contributed by atoms with Gasteiger partial charge in [0.25, 0.3) is 0 Å². The molecule has 0 bridgehead atoms. The Hall–Kier alpha value is -0.610. The molecule has 1 heterocycles. The summed E-state index contributed by atoms with van der Waals surface area (Å²) in [6.45, 7) is 4.73. The molecule has 18 heavy (non-hydrogen) atoms. The molecule has 1 amide bonds. The van der Waals surface area contributed by atoms with Crippen molar-refractivity contribution in [1.82, 2.24) is 10.2 Å². The van der Waals surface area contributed by atoms with Gasteiger partial charge < -0.3 is 11.1 Å². The zero-order valence-corrected chi connectivity index (χ0v) is 11.5. The van der Waals surface area contributed by atoms with Crippen LogP contribution in [-0.2, 0) is 4.79 Å². The van der Waals surface area contributed by atoms with Crippen molar-refractivity contribution in [3.8, 4) is 0 Å². The summed E-state index contributed by atoms with van der Waals surface area (Å²) < 4.78 is 0. The normalized spacial score (nSPS) is 30.7. The van der Waals surface area contributed by atoms with E-state index >= 15 is 0 Å². The van der Waals surface area contributed by atoms with Gasteiger partial charge in [-0.3, -0.25) is 9.69 Å². The smallest absolute Gasteiger partial charge is 0.231 e. The first-order valence-corrected chi connectivity index (χ1v) is 7.44. The third kappa shape index (κ3) is 3.95. The molecule has 104 valence electrons. The lowest BCUT2D eigenvalue weighted by Crippen LogP contribution is -2.47. The van der Waals surface area contributed by atoms with Crippen molar-refractivity contribution in [2.45, 2.75) is 57.5 Å². The van der Waals surface area contributed by atoms with E-state index in [0.29, 0.717) is 12.6 Å². The molecule has 1 aliphatic heterocycles. The Morgan fingerprint density at radius 3 is 2.50 bits per heavy atom. The number of nitrogens with zero attached hydrogens (tertiary/aromatic N) is 1. The molecule has 1 saturated heterocycles. The number of piperidine rings is 1. The van der Waals surface area contributed by atoms with E-state index in [2.05, 4.69) is 17.1 Å². The van der Waals surface area contributed by atoms with E-state index in [4.69, 9.17) is 5.73 Å². The second-order valence-electron chi connectivity index (χ2n) is 5.97. The Labute approximate surface area is 110 Å². The topological polar surface area (TPSA) is 58.4 Å². The Morgan fingerprint density at radius 2 is 1.94 bits per heavy atom. The monoisotopic (exact) mass is 253 g/mol. The van der Waals surface area contributed by atoms with Gasteiger partial charge in [0.2, 0.25) is 5.91 Å². The summed E-state index contributed by atoms with van der Waals surface area (Å²) in [5, 5.41) is 3.81. The highest BCUT2D eigenvalue weighted by atomic mass is 16.1. The van der Waals surface area contributed by atoms with Gasteiger partial charge in [-0.1, -0.05) is 13.3 Å². The number of amides is 1. The van der Waals surface area contributed by atoms with E-state index in [1.807, 2.05) is 0 Å². The third-order valence-corrected chi connectivity index (χ3v) is 4.56. The van der Waals surface area contributed by atoms with Crippen molar-refractivity contribution in [1.29, 1.82) is 0 Å². The van der Waals surface area contributed by atoms with Gasteiger partial charge >= 0.3 is 0 Å². The minimum absolute atomic E-state index is 0.206. The number of hydrogen-bond acceptors (Lipinski definition) is 3. The molecule has 0 aromatic heterocycles. The summed E-state index contributed by atoms with van der Waals surface area (Å²) in [5.74, 6) is 0.737. The summed E-state index contributed by atoms with van der Waals surface area (Å²) in [7, 11) is 0. The van der Waals surface area contributed by atoms with Crippen LogP contribution < -0.4 is 11.1 Å². The number of carbonyl (C=O) groups excluding carboxylic acids is 1. The first kappa shape index (κ1) is 13.8. The van der Waals surface area contributed by atoms with Crippen molar-refractivity contribution >= 4 is 5.91 Å². The van der Waals surface area contributed by atoms with Crippen molar-refractivity contribution in [2.24, 2.45) is 11.7 Å². The highest BCUT2D eigenvalue weighted by Crippen LogP contribution is 2.28. The number of hydrogen-bond donors (Lipinski definition) is 2. The van der Waals surface area contributed by atoms with E-state index in [1.165, 1.54) is 25.7 Å². The predicted octanol–water partition coefficient (Wildman–Crippen LogP) is 1.10. The van der Waals surface area contributed by atoms with E-state index in [0.717, 1.165) is 37.9 Å². The first-order valence-electron chi connectivity index (χ1n) is 7.44. The Kier molecular flexibility index (Phi) is 5.01. The summed E-state index contributed by atoms with van der Waals surface area (Å²) in [6.07, 6.45) is 7.74. The van der Waals surface area contributed by atoms with Crippen molar-refractivity contribution in [3.05, 3.63) is 0 Å². The van der Waals surface area contributed by atoms with Gasteiger partial charge in [-0.25, -0.2) is 0 Å². The van der Waals surface area contributed by atoms with Crippen LogP contribution in [0, 0.1) is 5.92 Å². The van der Waals surface area contributed by atoms with Gasteiger partial charge in [0, 0.05) is 25.2 Å². The molecular formula is C14H27N3O. The van der Waals surface area contributed by atoms with Gasteiger partial charge in [-0.15, -0.1) is 0 Å². The lowest BCUT2D eigenvalue weighted by molar-refractivity contribution is -0.119. The fraction of sp³-hybridized carbons (Fsp3) is 0.929. The largest absolute Gasteiger partial charge is 0.369 e. The number of carbonyl (C=O) groups is 1. The van der Waals surface area contributed by atoms with Crippen LogP contribution in [0.1, 0.15) is 45.4 Å². The third-order valence-electron chi connectivity index (χ3n) is 4.56. The fourth-order valence-corrected chi connectivity index (χ4v) is 3.41. The average molecular weight is 253 g/mol. The molecule has 2 unspecified atom stereocenters. The van der Waals surface area contributed by atoms with Crippen LogP contribution in [0.5, 0.6) is 0 Å². The Morgan fingerprint density at radius 1 is 1.22 bits per heavy atom. The minimum Gasteiger partial charge on any atom is -0.369 e. The second kappa shape index (κ2) is 6.53. The maximum atomic E-state index is 10.9. The predicted molar refractivity (Wildman–Crippen MR) is 73.2 cm³/mol. The zero-order valence-electron chi connectivity index (χ0n) is 11.5. The zero-order chi connectivity index (χ0) is 13.0. The van der Waals surface area contributed by atoms with Crippen LogP contribution in [0.2, 0.25) is 0 Å². The van der Waals surface area contributed by atoms with Gasteiger partial charge in [0.05, 0.1) is 6.54 Å². The van der Waals surface area contributed by atoms with Crippen LogP contribution >= 0.6 is 0 Å². The molecule has 4 heteroatoms. The Balaban J connectivity index is 1.66. The molecule has 2 aliphatic rings. The molecule has 0 spiro atoms. The van der Waals surface area contributed by atoms with Crippen LogP contribution in [0.4, 0.5) is 0 Å². The van der Waals surface area contributed by atoms with E-state index in [-0.39, 0.29) is 5.91 Å². The number of primary amides is 1.